The largest absolute Gasteiger partial charge is 0.509 e. The van der Waals surface area contributed by atoms with Crippen LogP contribution in [0.25, 0.3) is 0 Å². The van der Waals surface area contributed by atoms with E-state index in [1.165, 1.54) is 24.3 Å². The first-order valence-corrected chi connectivity index (χ1v) is 5.05. The number of carbonyl (C=O) groups is 1. The molecule has 0 saturated heterocycles. The summed E-state index contributed by atoms with van der Waals surface area (Å²) in [6, 6.07) is 7.05. The van der Waals surface area contributed by atoms with Gasteiger partial charge in [-0.3, -0.25) is 10.1 Å². The summed E-state index contributed by atoms with van der Waals surface area (Å²) in [5.74, 6) is 0. The Kier molecular flexibility index (Phi) is 4.63. The van der Waals surface area contributed by atoms with Crippen molar-refractivity contribution < 1.29 is 19.2 Å². The number of nitriles is 1. The van der Waals surface area contributed by atoms with Gasteiger partial charge in [0.1, 0.15) is 6.07 Å². The quantitative estimate of drug-likeness (QED) is 0.461. The Bertz CT molecular complexity index is 494. The smallest absolute Gasteiger partial charge is 0.435 e. The standard InChI is InChI=1S/C11H10N2O5/c1-2-17-11(14)18-10(7-12)8-4-3-5-9(6-8)13(15)16/h3-6,10H,2H2,1H3. The van der Waals surface area contributed by atoms with Gasteiger partial charge in [0.25, 0.3) is 5.69 Å². The van der Waals surface area contributed by atoms with Gasteiger partial charge in [0, 0.05) is 17.7 Å². The molecule has 0 saturated carbocycles. The first kappa shape index (κ1) is 13.4. The lowest BCUT2D eigenvalue weighted by atomic mass is 10.1. The van der Waals surface area contributed by atoms with Crippen LogP contribution in [0.4, 0.5) is 10.5 Å². The molecule has 18 heavy (non-hydrogen) atoms. The number of nitrogens with zero attached hydrogens (tertiary/aromatic N) is 2. The number of hydrogen-bond acceptors (Lipinski definition) is 6. The summed E-state index contributed by atoms with van der Waals surface area (Å²) < 4.78 is 9.24. The van der Waals surface area contributed by atoms with E-state index in [0.717, 1.165) is 0 Å². The van der Waals surface area contributed by atoms with Crippen molar-refractivity contribution in [2.75, 3.05) is 6.61 Å². The van der Waals surface area contributed by atoms with E-state index >= 15 is 0 Å². The van der Waals surface area contributed by atoms with Crippen molar-refractivity contribution in [3.63, 3.8) is 0 Å². The van der Waals surface area contributed by atoms with Gasteiger partial charge in [-0.05, 0) is 6.92 Å². The van der Waals surface area contributed by atoms with Crippen LogP contribution in [0.2, 0.25) is 0 Å². The molecule has 0 amide bonds. The van der Waals surface area contributed by atoms with Crippen molar-refractivity contribution in [3.05, 3.63) is 39.9 Å². The second-order valence-corrected chi connectivity index (χ2v) is 3.16. The highest BCUT2D eigenvalue weighted by Gasteiger charge is 2.19. The van der Waals surface area contributed by atoms with Crippen LogP contribution in [-0.2, 0) is 9.47 Å². The number of nitro groups is 1. The van der Waals surface area contributed by atoms with Crippen LogP contribution < -0.4 is 0 Å². The second-order valence-electron chi connectivity index (χ2n) is 3.16. The van der Waals surface area contributed by atoms with E-state index in [4.69, 9.17) is 10.00 Å². The van der Waals surface area contributed by atoms with Gasteiger partial charge in [-0.25, -0.2) is 4.79 Å². The molecular formula is C11H10N2O5. The summed E-state index contributed by atoms with van der Waals surface area (Å²) in [4.78, 5) is 21.1. The maximum Gasteiger partial charge on any atom is 0.509 e. The molecule has 0 aliphatic heterocycles. The van der Waals surface area contributed by atoms with Crippen LogP contribution in [0.5, 0.6) is 0 Å². The normalized spacial score (nSPS) is 11.1. The molecule has 0 fully saturated rings. The van der Waals surface area contributed by atoms with E-state index in [2.05, 4.69) is 4.74 Å². The van der Waals surface area contributed by atoms with Gasteiger partial charge in [0.15, 0.2) is 0 Å². The van der Waals surface area contributed by atoms with Crippen LogP contribution in [0, 0.1) is 21.4 Å². The predicted octanol–water partition coefficient (Wildman–Crippen LogP) is 2.33. The molecule has 1 unspecified atom stereocenters. The molecule has 1 atom stereocenters. The molecular weight excluding hydrogens is 240 g/mol. The molecule has 1 aromatic rings. The van der Waals surface area contributed by atoms with Crippen LogP contribution in [-0.4, -0.2) is 17.7 Å². The van der Waals surface area contributed by atoms with Crippen LogP contribution in [0.1, 0.15) is 18.6 Å². The Morgan fingerprint density at radius 2 is 2.33 bits per heavy atom. The van der Waals surface area contributed by atoms with Gasteiger partial charge in [-0.15, -0.1) is 0 Å². The molecule has 0 aliphatic rings. The summed E-state index contributed by atoms with van der Waals surface area (Å²) in [6.07, 6.45) is -2.22. The number of non-ortho nitro benzene ring substituents is 1. The molecule has 94 valence electrons. The Morgan fingerprint density at radius 3 is 2.89 bits per heavy atom. The summed E-state index contributed by atoms with van der Waals surface area (Å²) in [5, 5.41) is 19.5. The highest BCUT2D eigenvalue weighted by atomic mass is 16.7. The minimum atomic E-state index is -1.23. The zero-order valence-corrected chi connectivity index (χ0v) is 9.53. The highest BCUT2D eigenvalue weighted by molar-refractivity contribution is 5.60. The van der Waals surface area contributed by atoms with Crippen molar-refractivity contribution in [1.82, 2.24) is 0 Å². The van der Waals surface area contributed by atoms with E-state index in [9.17, 15) is 14.9 Å². The topological polar surface area (TPSA) is 102 Å². The van der Waals surface area contributed by atoms with Gasteiger partial charge in [0.05, 0.1) is 11.5 Å². The average Bonchev–Trinajstić information content (AvgIpc) is 2.36. The lowest BCUT2D eigenvalue weighted by Gasteiger charge is -2.10. The van der Waals surface area contributed by atoms with Crippen molar-refractivity contribution in [2.45, 2.75) is 13.0 Å². The Labute approximate surface area is 103 Å². The fourth-order valence-corrected chi connectivity index (χ4v) is 1.22. The molecule has 0 bridgehead atoms. The van der Waals surface area contributed by atoms with Gasteiger partial charge in [-0.2, -0.15) is 5.26 Å². The lowest BCUT2D eigenvalue weighted by Crippen LogP contribution is -2.11. The van der Waals surface area contributed by atoms with Crippen LogP contribution >= 0.6 is 0 Å². The fraction of sp³-hybridized carbons (Fsp3) is 0.273. The molecule has 0 aliphatic carbocycles. The highest BCUT2D eigenvalue weighted by Crippen LogP contribution is 2.21. The van der Waals surface area contributed by atoms with Crippen molar-refractivity contribution in [1.29, 1.82) is 5.26 Å². The monoisotopic (exact) mass is 250 g/mol. The number of rotatable bonds is 4. The third-order valence-corrected chi connectivity index (χ3v) is 1.98. The second kappa shape index (κ2) is 6.20. The number of nitro benzene ring substituents is 1. The molecule has 0 N–H and O–H groups in total. The van der Waals surface area contributed by atoms with E-state index < -0.39 is 17.2 Å². The Hall–Kier alpha value is -2.62. The van der Waals surface area contributed by atoms with Gasteiger partial charge >= 0.3 is 6.16 Å². The van der Waals surface area contributed by atoms with Crippen molar-refractivity contribution >= 4 is 11.8 Å². The first-order valence-electron chi connectivity index (χ1n) is 5.05. The summed E-state index contributed by atoms with van der Waals surface area (Å²) >= 11 is 0. The van der Waals surface area contributed by atoms with Gasteiger partial charge in [0.2, 0.25) is 6.10 Å². The minimum absolute atomic E-state index is 0.117. The number of hydrogen-bond donors (Lipinski definition) is 0. The first-order chi connectivity index (χ1) is 8.58. The third-order valence-electron chi connectivity index (χ3n) is 1.98. The number of carbonyl (C=O) groups excluding carboxylic acids is 1. The predicted molar refractivity (Wildman–Crippen MR) is 59.6 cm³/mol. The Morgan fingerprint density at radius 1 is 1.61 bits per heavy atom. The van der Waals surface area contributed by atoms with Gasteiger partial charge < -0.3 is 9.47 Å². The number of benzene rings is 1. The van der Waals surface area contributed by atoms with Crippen molar-refractivity contribution in [2.24, 2.45) is 0 Å². The molecule has 0 spiro atoms. The molecule has 1 aromatic carbocycles. The minimum Gasteiger partial charge on any atom is -0.435 e. The summed E-state index contributed by atoms with van der Waals surface area (Å²) in [7, 11) is 0. The molecule has 7 nitrogen and oxygen atoms in total. The van der Waals surface area contributed by atoms with E-state index in [-0.39, 0.29) is 17.9 Å². The molecule has 7 heteroatoms. The summed E-state index contributed by atoms with van der Waals surface area (Å²) in [5.41, 5.74) is 0.0416. The fourth-order valence-electron chi connectivity index (χ4n) is 1.22. The number of ether oxygens (including phenoxy) is 2. The molecule has 0 heterocycles. The molecule has 1 rings (SSSR count). The van der Waals surface area contributed by atoms with Crippen LogP contribution in [0.3, 0.4) is 0 Å². The average molecular weight is 250 g/mol. The zero-order valence-electron chi connectivity index (χ0n) is 9.53. The SMILES string of the molecule is CCOC(=O)OC(C#N)c1cccc([N+](=O)[O-])c1. The van der Waals surface area contributed by atoms with Gasteiger partial charge in [-0.1, -0.05) is 12.1 Å². The zero-order chi connectivity index (χ0) is 13.5. The van der Waals surface area contributed by atoms with E-state index in [1.54, 1.807) is 13.0 Å². The summed E-state index contributed by atoms with van der Waals surface area (Å²) in [6.45, 7) is 1.71. The van der Waals surface area contributed by atoms with Crippen molar-refractivity contribution in [3.8, 4) is 6.07 Å². The molecule has 0 radical (unpaired) electrons. The maximum absolute atomic E-state index is 11.1. The Balaban J connectivity index is 2.89. The molecule has 0 aromatic heterocycles. The lowest BCUT2D eigenvalue weighted by molar-refractivity contribution is -0.385. The van der Waals surface area contributed by atoms with E-state index in [1.807, 2.05) is 0 Å². The van der Waals surface area contributed by atoms with E-state index in [0.29, 0.717) is 0 Å². The van der Waals surface area contributed by atoms with Crippen LogP contribution in [0.15, 0.2) is 24.3 Å². The maximum atomic E-state index is 11.1. The third kappa shape index (κ3) is 3.45.